The summed E-state index contributed by atoms with van der Waals surface area (Å²) in [6.07, 6.45) is 6.74. The highest BCUT2D eigenvalue weighted by Crippen LogP contribution is 2.10. The molecule has 0 bridgehead atoms. The zero-order valence-corrected chi connectivity index (χ0v) is 15.5. The molecule has 22 heavy (non-hydrogen) atoms. The number of nitrogens with zero attached hydrogens (tertiary/aromatic N) is 3. The van der Waals surface area contributed by atoms with Gasteiger partial charge in [-0.3, -0.25) is 4.99 Å². The van der Waals surface area contributed by atoms with Gasteiger partial charge in [0.1, 0.15) is 5.65 Å². The van der Waals surface area contributed by atoms with Gasteiger partial charge < -0.3 is 15.0 Å². The van der Waals surface area contributed by atoms with Crippen molar-refractivity contribution in [2.24, 2.45) is 4.99 Å². The summed E-state index contributed by atoms with van der Waals surface area (Å²) in [4.78, 5) is 9.19. The Morgan fingerprint density at radius 3 is 2.95 bits per heavy atom. The van der Waals surface area contributed by atoms with E-state index in [1.807, 2.05) is 18.3 Å². The summed E-state index contributed by atoms with van der Waals surface area (Å²) in [5.74, 6) is 0.817. The van der Waals surface area contributed by atoms with Crippen molar-refractivity contribution in [1.82, 2.24) is 20.0 Å². The van der Waals surface area contributed by atoms with Crippen molar-refractivity contribution < 1.29 is 0 Å². The first-order valence-electron chi connectivity index (χ1n) is 7.31. The van der Waals surface area contributed by atoms with Gasteiger partial charge in [-0.25, -0.2) is 4.98 Å². The van der Waals surface area contributed by atoms with E-state index < -0.39 is 0 Å². The van der Waals surface area contributed by atoms with Gasteiger partial charge in [0.15, 0.2) is 5.96 Å². The predicted molar refractivity (Wildman–Crippen MR) is 103 cm³/mol. The maximum atomic E-state index is 4.65. The number of aliphatic imine (C=N–C) groups is 1. The average molecular weight is 413 g/mol. The fourth-order valence-corrected chi connectivity index (χ4v) is 2.12. The maximum Gasteiger partial charge on any atom is 0.191 e. The van der Waals surface area contributed by atoms with Crippen molar-refractivity contribution in [3.63, 3.8) is 0 Å². The average Bonchev–Trinajstić information content (AvgIpc) is 2.89. The van der Waals surface area contributed by atoms with Crippen LogP contribution in [0.2, 0.25) is 0 Å². The Labute approximate surface area is 149 Å². The molecule has 0 saturated carbocycles. The molecule has 2 N–H and O–H groups in total. The first-order valence-corrected chi connectivity index (χ1v) is 7.31. The Kier molecular flexibility index (Phi) is 7.94. The Morgan fingerprint density at radius 1 is 1.45 bits per heavy atom. The fourth-order valence-electron chi connectivity index (χ4n) is 2.12. The van der Waals surface area contributed by atoms with Crippen LogP contribution in [0.15, 0.2) is 42.2 Å². The van der Waals surface area contributed by atoms with Crippen molar-refractivity contribution in [2.45, 2.75) is 20.3 Å². The number of hydrogen-bond acceptors (Lipinski definition) is 2. The molecule has 0 amide bonds. The lowest BCUT2D eigenvalue weighted by molar-refractivity contribution is 0.846. The Bertz CT molecular complexity index is 632. The molecule has 120 valence electrons. The molecule has 2 rings (SSSR count). The second-order valence-corrected chi connectivity index (χ2v) is 4.83. The molecular weight excluding hydrogens is 389 g/mol. The van der Waals surface area contributed by atoms with Crippen LogP contribution in [0.1, 0.15) is 18.2 Å². The molecule has 5 nitrogen and oxygen atoms in total. The molecule has 0 aromatic carbocycles. The molecule has 2 aromatic heterocycles. The minimum absolute atomic E-state index is 0. The van der Waals surface area contributed by atoms with E-state index in [0.29, 0.717) is 13.1 Å². The second kappa shape index (κ2) is 9.45. The van der Waals surface area contributed by atoms with E-state index in [-0.39, 0.29) is 24.0 Å². The zero-order valence-electron chi connectivity index (χ0n) is 13.2. The van der Waals surface area contributed by atoms with Crippen LogP contribution < -0.4 is 10.6 Å². The monoisotopic (exact) mass is 413 g/mol. The minimum Gasteiger partial charge on any atom is -0.357 e. The molecule has 0 aliphatic heterocycles. The van der Waals surface area contributed by atoms with Crippen LogP contribution in [0.3, 0.4) is 0 Å². The third kappa shape index (κ3) is 5.01. The van der Waals surface area contributed by atoms with Crippen molar-refractivity contribution in [1.29, 1.82) is 0 Å². The molecule has 2 aromatic rings. The standard InChI is InChI=1S/C16H23N5.HI/c1-4-9-18-16(17-5-2)19-10-8-14-12-21-11-6-7-13(3)15(21)20-14;/h4,6-7,11-12H,1,5,8-10H2,2-3H3,(H2,17,18,19);1H. The summed E-state index contributed by atoms with van der Waals surface area (Å²) in [5.41, 5.74) is 3.27. The van der Waals surface area contributed by atoms with Crippen molar-refractivity contribution in [3.05, 3.63) is 48.4 Å². The molecule has 0 spiro atoms. The summed E-state index contributed by atoms with van der Waals surface area (Å²) >= 11 is 0. The summed E-state index contributed by atoms with van der Waals surface area (Å²) in [5, 5.41) is 6.39. The van der Waals surface area contributed by atoms with E-state index in [2.05, 4.69) is 57.7 Å². The lowest BCUT2D eigenvalue weighted by Gasteiger charge is -2.08. The smallest absolute Gasteiger partial charge is 0.191 e. The number of imidazole rings is 1. The number of aromatic nitrogens is 2. The zero-order chi connectivity index (χ0) is 15.1. The topological polar surface area (TPSA) is 53.7 Å². The minimum atomic E-state index is 0. The number of nitrogens with one attached hydrogen (secondary N) is 2. The third-order valence-corrected chi connectivity index (χ3v) is 3.12. The molecular formula is C16H24IN5. The van der Waals surface area contributed by atoms with E-state index >= 15 is 0 Å². The van der Waals surface area contributed by atoms with Crippen LogP contribution in [0, 0.1) is 6.92 Å². The van der Waals surface area contributed by atoms with Crippen molar-refractivity contribution in [3.8, 4) is 0 Å². The van der Waals surface area contributed by atoms with Gasteiger partial charge >= 0.3 is 0 Å². The van der Waals surface area contributed by atoms with Crippen molar-refractivity contribution in [2.75, 3.05) is 19.6 Å². The summed E-state index contributed by atoms with van der Waals surface area (Å²) in [6, 6.07) is 4.11. The van der Waals surface area contributed by atoms with Crippen molar-refractivity contribution >= 4 is 35.6 Å². The van der Waals surface area contributed by atoms with Gasteiger partial charge in [-0.2, -0.15) is 0 Å². The number of hydrogen-bond donors (Lipinski definition) is 2. The fraction of sp³-hybridized carbons (Fsp3) is 0.375. The quantitative estimate of drug-likeness (QED) is 0.331. The van der Waals surface area contributed by atoms with E-state index in [1.165, 1.54) is 5.56 Å². The number of fused-ring (bicyclic) bond motifs is 1. The summed E-state index contributed by atoms with van der Waals surface area (Å²) in [6.45, 7) is 10.1. The molecule has 2 heterocycles. The van der Waals surface area contributed by atoms with Gasteiger partial charge in [0.2, 0.25) is 0 Å². The highest BCUT2D eigenvalue weighted by Gasteiger charge is 2.03. The third-order valence-electron chi connectivity index (χ3n) is 3.12. The van der Waals surface area contributed by atoms with Gasteiger partial charge in [-0.15, -0.1) is 30.6 Å². The maximum absolute atomic E-state index is 4.65. The Morgan fingerprint density at radius 2 is 2.27 bits per heavy atom. The molecule has 0 saturated heterocycles. The van der Waals surface area contributed by atoms with E-state index in [9.17, 15) is 0 Å². The lowest BCUT2D eigenvalue weighted by Crippen LogP contribution is -2.37. The normalized spacial score (nSPS) is 11.1. The van der Waals surface area contributed by atoms with Crippen LogP contribution in [-0.4, -0.2) is 35.0 Å². The van der Waals surface area contributed by atoms with Crippen LogP contribution in [0.5, 0.6) is 0 Å². The molecule has 0 fully saturated rings. The predicted octanol–water partition coefficient (Wildman–Crippen LogP) is 2.54. The van der Waals surface area contributed by atoms with Gasteiger partial charge in [0.05, 0.1) is 5.69 Å². The number of guanidine groups is 1. The van der Waals surface area contributed by atoms with Gasteiger partial charge in [-0.05, 0) is 25.5 Å². The molecule has 0 aliphatic rings. The van der Waals surface area contributed by atoms with Crippen LogP contribution in [0.25, 0.3) is 5.65 Å². The SMILES string of the molecule is C=CCNC(=NCCc1cn2cccc(C)c2n1)NCC.I. The molecule has 0 radical (unpaired) electrons. The summed E-state index contributed by atoms with van der Waals surface area (Å²) < 4.78 is 2.07. The lowest BCUT2D eigenvalue weighted by atomic mass is 10.3. The number of pyridine rings is 1. The first kappa shape index (κ1) is 18.5. The van der Waals surface area contributed by atoms with E-state index in [1.54, 1.807) is 0 Å². The first-order chi connectivity index (χ1) is 10.2. The Balaban J connectivity index is 0.00000242. The largest absolute Gasteiger partial charge is 0.357 e. The number of halogens is 1. The Hall–Kier alpha value is -1.57. The second-order valence-electron chi connectivity index (χ2n) is 4.83. The van der Waals surface area contributed by atoms with E-state index in [4.69, 9.17) is 0 Å². The molecule has 0 aliphatic carbocycles. The van der Waals surface area contributed by atoms with E-state index in [0.717, 1.165) is 30.3 Å². The van der Waals surface area contributed by atoms with Gasteiger partial charge in [-0.1, -0.05) is 12.1 Å². The van der Waals surface area contributed by atoms with Crippen LogP contribution in [0.4, 0.5) is 0 Å². The van der Waals surface area contributed by atoms with Gasteiger partial charge in [0, 0.05) is 38.4 Å². The summed E-state index contributed by atoms with van der Waals surface area (Å²) in [7, 11) is 0. The van der Waals surface area contributed by atoms with Crippen LogP contribution in [-0.2, 0) is 6.42 Å². The molecule has 0 atom stereocenters. The highest BCUT2D eigenvalue weighted by molar-refractivity contribution is 14.0. The highest BCUT2D eigenvalue weighted by atomic mass is 127. The van der Waals surface area contributed by atoms with Gasteiger partial charge in [0.25, 0.3) is 0 Å². The van der Waals surface area contributed by atoms with Crippen LogP contribution >= 0.6 is 24.0 Å². The molecule has 6 heteroatoms. The number of aryl methyl sites for hydroxylation is 1. The number of rotatable bonds is 6. The molecule has 0 unspecified atom stereocenters.